The van der Waals surface area contributed by atoms with Crippen molar-refractivity contribution in [1.29, 1.82) is 0 Å². The molecule has 0 aliphatic heterocycles. The minimum Gasteiger partial charge on any atom is -0.361 e. The Bertz CT molecular complexity index is 240. The first-order chi connectivity index (χ1) is 7.29. The Labute approximate surface area is 99.7 Å². The number of hydrogen-bond acceptors (Lipinski definition) is 4. The van der Waals surface area contributed by atoms with Gasteiger partial charge in [-0.3, -0.25) is 19.2 Å². The molecule has 0 unspecified atom stereocenters. The van der Waals surface area contributed by atoms with E-state index < -0.39 is 23.6 Å². The van der Waals surface area contributed by atoms with Crippen LogP contribution in [0.15, 0.2) is 0 Å². The van der Waals surface area contributed by atoms with Gasteiger partial charge in [-0.15, -0.1) is 0 Å². The van der Waals surface area contributed by atoms with Crippen molar-refractivity contribution in [2.45, 2.75) is 27.7 Å². The second-order valence-corrected chi connectivity index (χ2v) is 4.46. The molecule has 0 saturated heterocycles. The van der Waals surface area contributed by atoms with Gasteiger partial charge in [0.05, 0.1) is 0 Å². The Hall–Kier alpha value is -2.12. The molecule has 8 N–H and O–H groups in total. The Morgan fingerprint density at radius 1 is 0.588 bits per heavy atom. The van der Waals surface area contributed by atoms with Crippen molar-refractivity contribution in [3.05, 3.63) is 0 Å². The molecule has 0 fully saturated rings. The zero-order valence-electron chi connectivity index (χ0n) is 10.4. The lowest BCUT2D eigenvalue weighted by Crippen LogP contribution is -2.29. The molecule has 0 radical (unpaired) electrons. The summed E-state index contributed by atoms with van der Waals surface area (Å²) in [7, 11) is 0. The molecule has 0 rings (SSSR count). The van der Waals surface area contributed by atoms with E-state index >= 15 is 0 Å². The second-order valence-electron chi connectivity index (χ2n) is 4.46. The predicted molar refractivity (Wildman–Crippen MR) is 61.9 cm³/mol. The van der Waals surface area contributed by atoms with Crippen molar-refractivity contribution in [1.82, 2.24) is 0 Å². The minimum atomic E-state index is -1.10. The lowest BCUT2D eigenvalue weighted by molar-refractivity contribution is -0.135. The average Bonchev–Trinajstić information content (AvgIpc) is 2.01. The Morgan fingerprint density at radius 3 is 0.647 bits per heavy atom. The van der Waals surface area contributed by atoms with Gasteiger partial charge in [-0.25, -0.2) is 0 Å². The van der Waals surface area contributed by atoms with Gasteiger partial charge in [0.15, 0.2) is 0 Å². The van der Waals surface area contributed by atoms with Crippen LogP contribution in [0.5, 0.6) is 0 Å². The first kappa shape index (κ1) is 20.3. The van der Waals surface area contributed by atoms with Gasteiger partial charge in [0.2, 0.25) is 0 Å². The SMILES string of the molecule is CC(C)(C)C.NC(=O)C(N)=O.NC(=O)C(N)=O. The number of nitrogens with two attached hydrogens (primary N) is 4. The molecule has 0 aromatic carbocycles. The summed E-state index contributed by atoms with van der Waals surface area (Å²) in [5, 5.41) is 0. The van der Waals surface area contributed by atoms with E-state index in [4.69, 9.17) is 0 Å². The maximum atomic E-state index is 9.45. The monoisotopic (exact) mass is 248 g/mol. The highest BCUT2D eigenvalue weighted by Crippen LogP contribution is 2.07. The van der Waals surface area contributed by atoms with Crippen molar-refractivity contribution < 1.29 is 19.2 Å². The fraction of sp³-hybridized carbons (Fsp3) is 0.556. The average molecular weight is 248 g/mol. The van der Waals surface area contributed by atoms with Gasteiger partial charge in [0.25, 0.3) is 0 Å². The van der Waals surface area contributed by atoms with E-state index in [0.29, 0.717) is 5.41 Å². The second kappa shape index (κ2) is 9.13. The molecule has 100 valence electrons. The fourth-order valence-corrected chi connectivity index (χ4v) is 0. The van der Waals surface area contributed by atoms with Crippen molar-refractivity contribution in [3.8, 4) is 0 Å². The van der Waals surface area contributed by atoms with Gasteiger partial charge in [0.1, 0.15) is 0 Å². The number of carbonyl (C=O) groups excluding carboxylic acids is 4. The summed E-state index contributed by atoms with van der Waals surface area (Å²) in [6, 6.07) is 0. The van der Waals surface area contributed by atoms with Gasteiger partial charge in [-0.05, 0) is 5.41 Å². The van der Waals surface area contributed by atoms with Crippen LogP contribution >= 0.6 is 0 Å². The standard InChI is InChI=1S/C5H12.2C2H4N2O2/c1-5(2,3)4;2*3-1(5)2(4)6/h1-4H3;2*(H2,3,5)(H2,4,6). The quantitative estimate of drug-likeness (QED) is 0.362. The summed E-state index contributed by atoms with van der Waals surface area (Å²) in [4.78, 5) is 37.8. The van der Waals surface area contributed by atoms with Crippen LogP contribution in [0, 0.1) is 5.41 Å². The lowest BCUT2D eigenvalue weighted by Gasteiger charge is -2.05. The van der Waals surface area contributed by atoms with Gasteiger partial charge < -0.3 is 22.9 Å². The van der Waals surface area contributed by atoms with E-state index in [2.05, 4.69) is 50.6 Å². The van der Waals surface area contributed by atoms with Crippen LogP contribution < -0.4 is 22.9 Å². The molecular formula is C9H20N4O4. The van der Waals surface area contributed by atoms with Gasteiger partial charge in [-0.1, -0.05) is 27.7 Å². The van der Waals surface area contributed by atoms with E-state index in [1.165, 1.54) is 0 Å². The van der Waals surface area contributed by atoms with E-state index in [1.807, 2.05) is 0 Å². The molecule has 0 aromatic rings. The summed E-state index contributed by atoms with van der Waals surface area (Å²) in [6.07, 6.45) is 0. The molecule has 0 aromatic heterocycles. The first-order valence-electron chi connectivity index (χ1n) is 4.47. The van der Waals surface area contributed by atoms with Crippen LogP contribution in [0.1, 0.15) is 27.7 Å². The van der Waals surface area contributed by atoms with Crippen LogP contribution in [0.2, 0.25) is 0 Å². The molecule has 0 aliphatic rings. The molecule has 8 nitrogen and oxygen atoms in total. The van der Waals surface area contributed by atoms with Crippen molar-refractivity contribution in [3.63, 3.8) is 0 Å². The zero-order valence-corrected chi connectivity index (χ0v) is 10.4. The molecule has 0 heterocycles. The van der Waals surface area contributed by atoms with Crippen LogP contribution in [0.3, 0.4) is 0 Å². The molecule has 0 bridgehead atoms. The van der Waals surface area contributed by atoms with Crippen LogP contribution in [-0.4, -0.2) is 23.6 Å². The maximum Gasteiger partial charge on any atom is 0.306 e. The highest BCUT2D eigenvalue weighted by Gasteiger charge is 1.97. The van der Waals surface area contributed by atoms with Crippen LogP contribution in [0.25, 0.3) is 0 Å². The van der Waals surface area contributed by atoms with Crippen molar-refractivity contribution >= 4 is 23.6 Å². The Balaban J connectivity index is -0.000000174. The number of rotatable bonds is 0. The predicted octanol–water partition coefficient (Wildman–Crippen LogP) is -2.03. The zero-order chi connectivity index (χ0) is 14.8. The van der Waals surface area contributed by atoms with Gasteiger partial charge in [-0.2, -0.15) is 0 Å². The summed E-state index contributed by atoms with van der Waals surface area (Å²) in [5.41, 5.74) is 17.8. The minimum absolute atomic E-state index is 0.500. The summed E-state index contributed by atoms with van der Waals surface area (Å²) < 4.78 is 0. The topological polar surface area (TPSA) is 172 Å². The molecular weight excluding hydrogens is 228 g/mol. The van der Waals surface area contributed by atoms with Crippen LogP contribution in [-0.2, 0) is 19.2 Å². The van der Waals surface area contributed by atoms with Crippen molar-refractivity contribution in [2.24, 2.45) is 28.3 Å². The third kappa shape index (κ3) is 56.7. The van der Waals surface area contributed by atoms with Gasteiger partial charge >= 0.3 is 23.6 Å². The number of carbonyl (C=O) groups is 4. The summed E-state index contributed by atoms with van der Waals surface area (Å²) in [6.45, 7) is 8.75. The maximum absolute atomic E-state index is 9.45. The van der Waals surface area contributed by atoms with E-state index in [0.717, 1.165) is 0 Å². The largest absolute Gasteiger partial charge is 0.361 e. The Kier molecular flexibility index (Phi) is 10.9. The normalized spacial score (nSPS) is 8.71. The summed E-state index contributed by atoms with van der Waals surface area (Å²) in [5.74, 6) is -4.41. The molecule has 0 aliphatic carbocycles. The van der Waals surface area contributed by atoms with Crippen LogP contribution in [0.4, 0.5) is 0 Å². The van der Waals surface area contributed by atoms with Crippen molar-refractivity contribution in [2.75, 3.05) is 0 Å². The molecule has 0 saturated carbocycles. The third-order valence-corrected chi connectivity index (χ3v) is 0.486. The molecule has 0 atom stereocenters. The highest BCUT2D eigenvalue weighted by molar-refractivity contribution is 6.34. The molecule has 0 spiro atoms. The van der Waals surface area contributed by atoms with E-state index in [9.17, 15) is 19.2 Å². The summed E-state index contributed by atoms with van der Waals surface area (Å²) >= 11 is 0. The molecule has 4 amide bonds. The molecule has 8 heteroatoms. The highest BCUT2D eigenvalue weighted by atomic mass is 16.2. The van der Waals surface area contributed by atoms with E-state index in [-0.39, 0.29) is 0 Å². The lowest BCUT2D eigenvalue weighted by atomic mass is 10.0. The molecule has 17 heavy (non-hydrogen) atoms. The number of primary amides is 4. The van der Waals surface area contributed by atoms with E-state index in [1.54, 1.807) is 0 Å². The smallest absolute Gasteiger partial charge is 0.306 e. The number of hydrogen-bond donors (Lipinski definition) is 4. The third-order valence-electron chi connectivity index (χ3n) is 0.486. The first-order valence-corrected chi connectivity index (χ1v) is 4.47. The number of amides is 4. The fourth-order valence-electron chi connectivity index (χ4n) is 0. The van der Waals surface area contributed by atoms with Gasteiger partial charge in [0, 0.05) is 0 Å². The Morgan fingerprint density at radius 2 is 0.647 bits per heavy atom.